The molecule has 1 aliphatic heterocycles. The Morgan fingerprint density at radius 1 is 1.48 bits per heavy atom. The number of benzene rings is 1. The van der Waals surface area contributed by atoms with Crippen LogP contribution in [0.5, 0.6) is 0 Å². The van der Waals surface area contributed by atoms with Gasteiger partial charge in [-0.2, -0.15) is 0 Å². The molecule has 0 atom stereocenters. The fourth-order valence-corrected chi connectivity index (χ4v) is 2.66. The molecular weight excluding hydrogens is 276 g/mol. The van der Waals surface area contributed by atoms with Crippen LogP contribution in [0.25, 0.3) is 0 Å². The summed E-state index contributed by atoms with van der Waals surface area (Å²) in [6, 6.07) is 4.13. The highest BCUT2D eigenvalue weighted by Gasteiger charge is 2.26. The van der Waals surface area contributed by atoms with Crippen molar-refractivity contribution in [2.45, 2.75) is 12.8 Å². The molecule has 1 aromatic carbocycles. The van der Waals surface area contributed by atoms with Crippen LogP contribution in [0.3, 0.4) is 0 Å². The van der Waals surface area contributed by atoms with Crippen molar-refractivity contribution in [1.82, 2.24) is 0 Å². The highest BCUT2D eigenvalue weighted by Crippen LogP contribution is 2.32. The number of carboxylic acids is 1. The van der Waals surface area contributed by atoms with Crippen molar-refractivity contribution in [1.29, 1.82) is 0 Å². The summed E-state index contributed by atoms with van der Waals surface area (Å²) < 4.78 is 5.29. The third-order valence-corrected chi connectivity index (χ3v) is 3.70. The Kier molecular flexibility index (Phi) is 4.74. The Morgan fingerprint density at radius 3 is 2.71 bits per heavy atom. The maximum atomic E-state index is 11.3. The fraction of sp³-hybridized carbons (Fsp3) is 0.500. The maximum absolute atomic E-state index is 11.3. The summed E-state index contributed by atoms with van der Waals surface area (Å²) in [5, 5.41) is 20.4. The monoisotopic (exact) mass is 294 g/mol. The van der Waals surface area contributed by atoms with Gasteiger partial charge in [0.15, 0.2) is 0 Å². The first-order chi connectivity index (χ1) is 10.0. The number of nitro benzene ring substituents is 1. The molecular formula is C14H18N2O5. The van der Waals surface area contributed by atoms with Gasteiger partial charge in [-0.3, -0.25) is 10.1 Å². The molecule has 0 spiro atoms. The zero-order valence-electron chi connectivity index (χ0n) is 11.8. The Hall–Kier alpha value is -2.15. The average Bonchev–Trinajstić information content (AvgIpc) is 2.47. The van der Waals surface area contributed by atoms with E-state index in [9.17, 15) is 20.0 Å². The normalized spacial score (nSPS) is 15.7. The van der Waals surface area contributed by atoms with Crippen molar-refractivity contribution < 1.29 is 19.6 Å². The van der Waals surface area contributed by atoms with E-state index in [1.807, 2.05) is 0 Å². The number of anilines is 1. The summed E-state index contributed by atoms with van der Waals surface area (Å²) in [6.45, 7) is 1.94. The lowest BCUT2D eigenvalue weighted by Crippen LogP contribution is -2.31. The van der Waals surface area contributed by atoms with Crippen LogP contribution < -0.4 is 4.90 Å². The molecule has 2 rings (SSSR count). The summed E-state index contributed by atoms with van der Waals surface area (Å²) in [4.78, 5) is 23.6. The molecule has 1 aliphatic rings. The molecule has 0 radical (unpaired) electrons. The van der Waals surface area contributed by atoms with Crippen molar-refractivity contribution in [3.05, 3.63) is 33.9 Å². The van der Waals surface area contributed by atoms with Crippen LogP contribution in [0.2, 0.25) is 0 Å². The highest BCUT2D eigenvalue weighted by molar-refractivity contribution is 5.97. The van der Waals surface area contributed by atoms with E-state index in [2.05, 4.69) is 0 Å². The van der Waals surface area contributed by atoms with Gasteiger partial charge in [0.25, 0.3) is 5.69 Å². The first-order valence-electron chi connectivity index (χ1n) is 6.80. The average molecular weight is 294 g/mol. The number of nitro groups is 1. The molecule has 7 heteroatoms. The topological polar surface area (TPSA) is 92.9 Å². The van der Waals surface area contributed by atoms with Gasteiger partial charge in [-0.05, 0) is 24.8 Å². The quantitative estimate of drug-likeness (QED) is 0.660. The molecule has 0 unspecified atom stereocenters. The van der Waals surface area contributed by atoms with Gasteiger partial charge in [0.1, 0.15) is 5.69 Å². The van der Waals surface area contributed by atoms with Crippen molar-refractivity contribution in [3.8, 4) is 0 Å². The smallest absolute Gasteiger partial charge is 0.338 e. The number of hydrogen-bond donors (Lipinski definition) is 1. The van der Waals surface area contributed by atoms with E-state index in [4.69, 9.17) is 4.74 Å². The van der Waals surface area contributed by atoms with Crippen molar-refractivity contribution >= 4 is 17.3 Å². The third-order valence-electron chi connectivity index (χ3n) is 3.70. The molecule has 21 heavy (non-hydrogen) atoms. The lowest BCUT2D eigenvalue weighted by atomic mass is 9.99. The summed E-state index contributed by atoms with van der Waals surface area (Å²) in [6.07, 6.45) is 1.76. The van der Waals surface area contributed by atoms with E-state index < -0.39 is 10.9 Å². The van der Waals surface area contributed by atoms with Crippen LogP contribution in [-0.2, 0) is 4.74 Å². The number of hydrogen-bond acceptors (Lipinski definition) is 5. The van der Waals surface area contributed by atoms with Gasteiger partial charge in [-0.25, -0.2) is 4.79 Å². The summed E-state index contributed by atoms with van der Waals surface area (Å²) >= 11 is 0. The lowest BCUT2D eigenvalue weighted by Gasteiger charge is -2.28. The predicted molar refractivity (Wildman–Crippen MR) is 76.9 cm³/mol. The molecule has 1 saturated heterocycles. The van der Waals surface area contributed by atoms with E-state index >= 15 is 0 Å². The van der Waals surface area contributed by atoms with E-state index in [-0.39, 0.29) is 16.9 Å². The maximum Gasteiger partial charge on any atom is 0.338 e. The highest BCUT2D eigenvalue weighted by atomic mass is 16.6. The number of rotatable bonds is 5. The van der Waals surface area contributed by atoms with E-state index in [0.29, 0.717) is 25.7 Å². The first-order valence-corrected chi connectivity index (χ1v) is 6.80. The molecule has 0 saturated carbocycles. The number of nitrogens with zero attached hydrogens (tertiary/aromatic N) is 2. The van der Waals surface area contributed by atoms with Crippen LogP contribution in [0.4, 0.5) is 11.4 Å². The second-order valence-electron chi connectivity index (χ2n) is 5.17. The van der Waals surface area contributed by atoms with Crippen molar-refractivity contribution in [2.75, 3.05) is 31.7 Å². The predicted octanol–water partition coefficient (Wildman–Crippen LogP) is 2.16. The van der Waals surface area contributed by atoms with Gasteiger partial charge in [0.05, 0.1) is 10.5 Å². The first kappa shape index (κ1) is 15.2. The fourth-order valence-electron chi connectivity index (χ4n) is 2.66. The minimum Gasteiger partial charge on any atom is -0.478 e. The van der Waals surface area contributed by atoms with Gasteiger partial charge >= 0.3 is 5.97 Å². The number of aromatic carboxylic acids is 1. The summed E-state index contributed by atoms with van der Waals surface area (Å²) in [5.41, 5.74) is -0.0512. The third kappa shape index (κ3) is 3.49. The van der Waals surface area contributed by atoms with Gasteiger partial charge in [0.2, 0.25) is 0 Å². The van der Waals surface area contributed by atoms with Crippen molar-refractivity contribution in [2.24, 2.45) is 5.92 Å². The Morgan fingerprint density at radius 2 is 2.14 bits per heavy atom. The Labute approximate surface area is 122 Å². The number of carbonyl (C=O) groups is 1. The lowest BCUT2D eigenvalue weighted by molar-refractivity contribution is -0.384. The minimum absolute atomic E-state index is 0.0428. The standard InChI is InChI=1S/C14H18N2O5/c1-15(9-10-5-7-21-8-6-10)13-11(14(17)18)3-2-4-12(13)16(19)20/h2-4,10H,5-9H2,1H3,(H,17,18). The second kappa shape index (κ2) is 6.53. The molecule has 1 aromatic rings. The second-order valence-corrected chi connectivity index (χ2v) is 5.17. The Balaban J connectivity index is 2.30. The summed E-state index contributed by atoms with van der Waals surface area (Å²) in [7, 11) is 1.70. The van der Waals surface area contributed by atoms with E-state index in [0.717, 1.165) is 12.8 Å². The van der Waals surface area contributed by atoms with E-state index in [1.165, 1.54) is 18.2 Å². The number of para-hydroxylation sites is 1. The van der Waals surface area contributed by atoms with Gasteiger partial charge in [0, 0.05) is 32.9 Å². The van der Waals surface area contributed by atoms with Gasteiger partial charge in [-0.1, -0.05) is 6.07 Å². The molecule has 1 heterocycles. The van der Waals surface area contributed by atoms with Gasteiger partial charge in [-0.15, -0.1) is 0 Å². The molecule has 0 amide bonds. The zero-order valence-corrected chi connectivity index (χ0v) is 11.8. The number of carboxylic acid groups (broad SMARTS) is 1. The molecule has 1 N–H and O–H groups in total. The van der Waals surface area contributed by atoms with Gasteiger partial charge < -0.3 is 14.7 Å². The molecule has 0 bridgehead atoms. The van der Waals surface area contributed by atoms with Crippen LogP contribution in [0.15, 0.2) is 18.2 Å². The molecule has 1 fully saturated rings. The van der Waals surface area contributed by atoms with Crippen LogP contribution in [0.1, 0.15) is 23.2 Å². The molecule has 0 aromatic heterocycles. The van der Waals surface area contributed by atoms with Crippen LogP contribution in [-0.4, -0.2) is 42.8 Å². The zero-order chi connectivity index (χ0) is 15.4. The SMILES string of the molecule is CN(CC1CCOCC1)c1c(C(=O)O)cccc1[N+](=O)[O-]. The molecule has 0 aliphatic carbocycles. The largest absolute Gasteiger partial charge is 0.478 e. The summed E-state index contributed by atoms with van der Waals surface area (Å²) in [5.74, 6) is -0.808. The van der Waals surface area contributed by atoms with E-state index in [1.54, 1.807) is 11.9 Å². The Bertz CT molecular complexity index is 508. The van der Waals surface area contributed by atoms with Crippen LogP contribution in [0, 0.1) is 16.0 Å². The molecule has 7 nitrogen and oxygen atoms in total. The minimum atomic E-state index is -1.16. The van der Waals surface area contributed by atoms with Crippen LogP contribution >= 0.6 is 0 Å². The molecule has 114 valence electrons. The number of ether oxygens (including phenoxy) is 1. The van der Waals surface area contributed by atoms with Crippen molar-refractivity contribution in [3.63, 3.8) is 0 Å².